The molecule has 0 spiro atoms. The van der Waals surface area contributed by atoms with E-state index in [0.29, 0.717) is 6.04 Å². The Bertz CT molecular complexity index is 367. The molecule has 0 bridgehead atoms. The lowest BCUT2D eigenvalue weighted by atomic mass is 10.1. The Balaban J connectivity index is 1.70. The molecule has 0 saturated carbocycles. The molecule has 1 saturated heterocycles. The monoisotopic (exact) mass is 235 g/mol. The molecule has 5 heteroatoms. The van der Waals surface area contributed by atoms with Crippen molar-refractivity contribution in [3.05, 3.63) is 17.7 Å². The molecule has 94 valence electrons. The number of likely N-dealkylation sites (N-methyl/N-ethyl adjacent to an activating group) is 1. The van der Waals surface area contributed by atoms with Gasteiger partial charge in [-0.15, -0.1) is 0 Å². The Morgan fingerprint density at radius 3 is 2.94 bits per heavy atom. The predicted molar refractivity (Wildman–Crippen MR) is 66.7 cm³/mol. The molecule has 2 aliphatic rings. The lowest BCUT2D eigenvalue weighted by Gasteiger charge is -2.40. The number of hydrogen-bond donors (Lipinski definition) is 2. The molecule has 1 aromatic heterocycles. The van der Waals surface area contributed by atoms with Gasteiger partial charge in [0.2, 0.25) is 0 Å². The number of fused-ring (bicyclic) bond motifs is 1. The van der Waals surface area contributed by atoms with E-state index in [1.165, 1.54) is 31.0 Å². The molecule has 0 amide bonds. The highest BCUT2D eigenvalue weighted by Crippen LogP contribution is 2.25. The van der Waals surface area contributed by atoms with Crippen LogP contribution >= 0.6 is 0 Å². The number of aromatic nitrogens is 2. The van der Waals surface area contributed by atoms with Crippen LogP contribution in [-0.2, 0) is 6.54 Å². The molecule has 1 fully saturated rings. The molecular formula is C12H21N5. The molecule has 0 aromatic carbocycles. The van der Waals surface area contributed by atoms with Gasteiger partial charge in [-0.05, 0) is 6.54 Å². The summed E-state index contributed by atoms with van der Waals surface area (Å²) < 4.78 is 0. The Labute approximate surface area is 102 Å². The Kier molecular flexibility index (Phi) is 3.13. The van der Waals surface area contributed by atoms with Gasteiger partial charge in [0.1, 0.15) is 0 Å². The van der Waals surface area contributed by atoms with Gasteiger partial charge < -0.3 is 15.2 Å². The summed E-state index contributed by atoms with van der Waals surface area (Å²) in [6.07, 6.45) is 1.83. The number of imidazole rings is 1. The van der Waals surface area contributed by atoms with Crippen molar-refractivity contribution in [1.29, 1.82) is 0 Å². The minimum absolute atomic E-state index is 0.462. The third-order valence-corrected chi connectivity index (χ3v) is 4.00. The van der Waals surface area contributed by atoms with E-state index in [2.05, 4.69) is 32.0 Å². The Morgan fingerprint density at radius 2 is 2.18 bits per heavy atom. The fourth-order valence-electron chi connectivity index (χ4n) is 2.88. The summed E-state index contributed by atoms with van der Waals surface area (Å²) in [5, 5.41) is 3.47. The smallest absolute Gasteiger partial charge is 0.0926 e. The zero-order chi connectivity index (χ0) is 11.7. The van der Waals surface area contributed by atoms with Crippen LogP contribution in [0.25, 0.3) is 0 Å². The van der Waals surface area contributed by atoms with Crippen LogP contribution in [0.3, 0.4) is 0 Å². The summed E-state index contributed by atoms with van der Waals surface area (Å²) >= 11 is 0. The molecule has 3 rings (SSSR count). The summed E-state index contributed by atoms with van der Waals surface area (Å²) in [5.74, 6) is 0. The topological polar surface area (TPSA) is 47.2 Å². The van der Waals surface area contributed by atoms with Crippen LogP contribution in [0.2, 0.25) is 0 Å². The van der Waals surface area contributed by atoms with Crippen molar-refractivity contribution in [2.75, 3.05) is 39.3 Å². The van der Waals surface area contributed by atoms with E-state index in [4.69, 9.17) is 0 Å². The average molecular weight is 235 g/mol. The van der Waals surface area contributed by atoms with Crippen molar-refractivity contribution >= 4 is 0 Å². The summed E-state index contributed by atoms with van der Waals surface area (Å²) in [5.41, 5.74) is 2.52. The minimum Gasteiger partial charge on any atom is -0.347 e. The third kappa shape index (κ3) is 2.10. The van der Waals surface area contributed by atoms with Crippen LogP contribution < -0.4 is 5.32 Å². The molecule has 5 nitrogen and oxygen atoms in total. The molecule has 3 heterocycles. The van der Waals surface area contributed by atoms with Crippen molar-refractivity contribution in [1.82, 2.24) is 25.1 Å². The van der Waals surface area contributed by atoms with Crippen LogP contribution in [0.15, 0.2) is 6.33 Å². The SMILES string of the molecule is CCN1CCN(C2CNCc3[nH]cnc32)CC1. The number of aromatic amines is 1. The highest BCUT2D eigenvalue weighted by atomic mass is 15.3. The van der Waals surface area contributed by atoms with Gasteiger partial charge in [0.25, 0.3) is 0 Å². The van der Waals surface area contributed by atoms with E-state index in [0.717, 1.165) is 26.2 Å². The number of hydrogen-bond acceptors (Lipinski definition) is 4. The number of H-pyrrole nitrogens is 1. The highest BCUT2D eigenvalue weighted by Gasteiger charge is 2.29. The first-order valence-corrected chi connectivity index (χ1v) is 6.57. The molecule has 0 radical (unpaired) electrons. The van der Waals surface area contributed by atoms with Gasteiger partial charge >= 0.3 is 0 Å². The van der Waals surface area contributed by atoms with Crippen molar-refractivity contribution in [3.8, 4) is 0 Å². The maximum atomic E-state index is 4.50. The van der Waals surface area contributed by atoms with Gasteiger partial charge in [-0.25, -0.2) is 4.98 Å². The number of nitrogens with zero attached hydrogens (tertiary/aromatic N) is 3. The second kappa shape index (κ2) is 4.76. The van der Waals surface area contributed by atoms with Gasteiger partial charge in [-0.2, -0.15) is 0 Å². The first kappa shape index (κ1) is 11.2. The lowest BCUT2D eigenvalue weighted by Crippen LogP contribution is -2.50. The second-order valence-electron chi connectivity index (χ2n) is 4.88. The molecule has 0 aliphatic carbocycles. The molecule has 2 aliphatic heterocycles. The van der Waals surface area contributed by atoms with Crippen molar-refractivity contribution < 1.29 is 0 Å². The number of nitrogens with one attached hydrogen (secondary N) is 2. The van der Waals surface area contributed by atoms with Crippen LogP contribution in [0, 0.1) is 0 Å². The summed E-state index contributed by atoms with van der Waals surface area (Å²) in [6, 6.07) is 0.462. The van der Waals surface area contributed by atoms with Crippen molar-refractivity contribution in [2.45, 2.75) is 19.5 Å². The predicted octanol–water partition coefficient (Wildman–Crippen LogP) is 0.192. The van der Waals surface area contributed by atoms with E-state index in [-0.39, 0.29) is 0 Å². The number of rotatable bonds is 2. The maximum Gasteiger partial charge on any atom is 0.0926 e. The standard InChI is InChI=1S/C12H21N5/c1-2-16-3-5-17(6-4-16)11-8-13-7-10-12(11)15-9-14-10/h9,11,13H,2-8H2,1H3,(H,14,15). The van der Waals surface area contributed by atoms with E-state index in [1.54, 1.807) is 0 Å². The van der Waals surface area contributed by atoms with E-state index >= 15 is 0 Å². The van der Waals surface area contributed by atoms with Gasteiger partial charge in [-0.1, -0.05) is 6.92 Å². The van der Waals surface area contributed by atoms with Gasteiger partial charge in [0.15, 0.2) is 0 Å². The average Bonchev–Trinajstić information content (AvgIpc) is 2.87. The normalized spacial score (nSPS) is 27.0. The van der Waals surface area contributed by atoms with Gasteiger partial charge in [-0.3, -0.25) is 4.90 Å². The van der Waals surface area contributed by atoms with Crippen LogP contribution in [0.4, 0.5) is 0 Å². The van der Waals surface area contributed by atoms with E-state index < -0.39 is 0 Å². The molecule has 1 atom stereocenters. The summed E-state index contributed by atoms with van der Waals surface area (Å²) in [6.45, 7) is 10.1. The van der Waals surface area contributed by atoms with Crippen molar-refractivity contribution in [2.24, 2.45) is 0 Å². The highest BCUT2D eigenvalue weighted by molar-refractivity contribution is 5.19. The number of piperazine rings is 1. The van der Waals surface area contributed by atoms with Gasteiger partial charge in [0, 0.05) is 39.3 Å². The van der Waals surface area contributed by atoms with Crippen LogP contribution in [0.5, 0.6) is 0 Å². The molecular weight excluding hydrogens is 214 g/mol. The first-order chi connectivity index (χ1) is 8.38. The Hall–Kier alpha value is -0.910. The Morgan fingerprint density at radius 1 is 1.35 bits per heavy atom. The maximum absolute atomic E-state index is 4.50. The minimum atomic E-state index is 0.462. The summed E-state index contributed by atoms with van der Waals surface area (Å²) in [4.78, 5) is 12.8. The van der Waals surface area contributed by atoms with E-state index in [9.17, 15) is 0 Å². The molecule has 1 unspecified atom stereocenters. The second-order valence-corrected chi connectivity index (χ2v) is 4.88. The largest absolute Gasteiger partial charge is 0.347 e. The molecule has 1 aromatic rings. The van der Waals surface area contributed by atoms with Crippen molar-refractivity contribution in [3.63, 3.8) is 0 Å². The van der Waals surface area contributed by atoms with E-state index in [1.807, 2.05) is 6.33 Å². The summed E-state index contributed by atoms with van der Waals surface area (Å²) in [7, 11) is 0. The molecule has 17 heavy (non-hydrogen) atoms. The van der Waals surface area contributed by atoms with Gasteiger partial charge in [0.05, 0.1) is 23.8 Å². The molecule has 2 N–H and O–H groups in total. The fourth-order valence-corrected chi connectivity index (χ4v) is 2.88. The van der Waals surface area contributed by atoms with Crippen LogP contribution in [-0.4, -0.2) is 59.0 Å². The quantitative estimate of drug-likeness (QED) is 0.768. The zero-order valence-corrected chi connectivity index (χ0v) is 10.4. The van der Waals surface area contributed by atoms with Crippen LogP contribution in [0.1, 0.15) is 24.4 Å². The zero-order valence-electron chi connectivity index (χ0n) is 10.4. The fraction of sp³-hybridized carbons (Fsp3) is 0.750. The lowest BCUT2D eigenvalue weighted by molar-refractivity contribution is 0.0932. The third-order valence-electron chi connectivity index (χ3n) is 4.00. The first-order valence-electron chi connectivity index (χ1n) is 6.57.